The number of primary amides is 1. The Labute approximate surface area is 112 Å². The third-order valence-electron chi connectivity index (χ3n) is 4.26. The molecule has 3 rings (SSSR count). The maximum atomic E-state index is 11.4. The van der Waals surface area contributed by atoms with Gasteiger partial charge in [-0.1, -0.05) is 32.3 Å². The van der Waals surface area contributed by atoms with Crippen LogP contribution < -0.4 is 5.73 Å². The highest BCUT2D eigenvalue weighted by molar-refractivity contribution is 6.04. The molecular weight excluding hydrogens is 238 g/mol. The van der Waals surface area contributed by atoms with Crippen molar-refractivity contribution in [2.24, 2.45) is 11.7 Å². The Bertz CT molecular complexity index is 617. The second kappa shape index (κ2) is 4.68. The Hall–Kier alpha value is -1.84. The minimum Gasteiger partial charge on any atom is -0.366 e. The number of amides is 1. The fourth-order valence-electron chi connectivity index (χ4n) is 3.15. The number of nitrogens with one attached hydrogen (secondary N) is 1. The van der Waals surface area contributed by atoms with Crippen molar-refractivity contribution < 1.29 is 4.79 Å². The lowest BCUT2D eigenvalue weighted by molar-refractivity contribution is 0.100. The third-order valence-corrected chi connectivity index (χ3v) is 4.26. The first kappa shape index (κ1) is 12.2. The molecule has 2 unspecified atom stereocenters. The number of nitrogens with zero attached hydrogens (tertiary/aromatic N) is 1. The van der Waals surface area contributed by atoms with Crippen molar-refractivity contribution in [1.82, 2.24) is 9.97 Å². The molecule has 19 heavy (non-hydrogen) atoms. The van der Waals surface area contributed by atoms with Crippen LogP contribution in [0.2, 0.25) is 0 Å². The van der Waals surface area contributed by atoms with Crippen LogP contribution in [0, 0.1) is 5.92 Å². The molecule has 1 amide bonds. The van der Waals surface area contributed by atoms with Gasteiger partial charge in [-0.15, -0.1) is 0 Å². The number of fused-ring (bicyclic) bond motifs is 1. The lowest BCUT2D eigenvalue weighted by Gasteiger charge is -2.26. The number of carbonyl (C=O) groups excluding carboxylic acids is 1. The zero-order chi connectivity index (χ0) is 13.4. The summed E-state index contributed by atoms with van der Waals surface area (Å²) in [7, 11) is 0. The topological polar surface area (TPSA) is 71.8 Å². The van der Waals surface area contributed by atoms with E-state index in [0.717, 1.165) is 11.3 Å². The minimum atomic E-state index is -0.416. The van der Waals surface area contributed by atoms with E-state index < -0.39 is 5.91 Å². The second-order valence-electron chi connectivity index (χ2n) is 5.56. The summed E-state index contributed by atoms with van der Waals surface area (Å²) < 4.78 is 0. The van der Waals surface area contributed by atoms with Gasteiger partial charge in [0.2, 0.25) is 0 Å². The largest absolute Gasteiger partial charge is 0.366 e. The van der Waals surface area contributed by atoms with Crippen LogP contribution in [0.4, 0.5) is 0 Å². The molecule has 1 aromatic heterocycles. The maximum Gasteiger partial charge on any atom is 0.250 e. The van der Waals surface area contributed by atoms with E-state index in [1.165, 1.54) is 25.7 Å². The molecule has 0 radical (unpaired) electrons. The molecule has 1 aliphatic carbocycles. The van der Waals surface area contributed by atoms with Gasteiger partial charge in [-0.25, -0.2) is 4.98 Å². The molecule has 2 atom stereocenters. The van der Waals surface area contributed by atoms with Crippen LogP contribution in [0.25, 0.3) is 11.0 Å². The van der Waals surface area contributed by atoms with Crippen LogP contribution >= 0.6 is 0 Å². The van der Waals surface area contributed by atoms with E-state index in [4.69, 9.17) is 5.73 Å². The first-order valence-corrected chi connectivity index (χ1v) is 6.95. The van der Waals surface area contributed by atoms with Crippen LogP contribution in [0.5, 0.6) is 0 Å². The zero-order valence-electron chi connectivity index (χ0n) is 11.1. The lowest BCUT2D eigenvalue weighted by Crippen LogP contribution is -2.16. The van der Waals surface area contributed by atoms with E-state index in [9.17, 15) is 4.79 Å². The first-order valence-electron chi connectivity index (χ1n) is 6.95. The number of carbonyl (C=O) groups is 1. The normalized spacial score (nSPS) is 23.6. The smallest absolute Gasteiger partial charge is 0.250 e. The Morgan fingerprint density at radius 3 is 2.89 bits per heavy atom. The highest BCUT2D eigenvalue weighted by atomic mass is 16.1. The van der Waals surface area contributed by atoms with E-state index in [1.54, 1.807) is 6.07 Å². The van der Waals surface area contributed by atoms with E-state index in [1.807, 2.05) is 12.1 Å². The molecule has 0 aliphatic heterocycles. The van der Waals surface area contributed by atoms with Crippen LogP contribution in [-0.2, 0) is 0 Å². The first-order chi connectivity index (χ1) is 9.16. The molecule has 100 valence electrons. The highest BCUT2D eigenvalue weighted by Gasteiger charge is 2.26. The van der Waals surface area contributed by atoms with Gasteiger partial charge in [0.1, 0.15) is 11.3 Å². The number of hydrogen-bond donors (Lipinski definition) is 2. The summed E-state index contributed by atoms with van der Waals surface area (Å²) in [6, 6.07) is 5.53. The highest BCUT2D eigenvalue weighted by Crippen LogP contribution is 2.36. The number of aromatic amines is 1. The SMILES string of the molecule is CC1CCCCC1c1nc2c(C(N)=O)cccc2[nH]1. The third kappa shape index (κ3) is 2.11. The van der Waals surface area contributed by atoms with Crippen LogP contribution in [0.1, 0.15) is 54.7 Å². The van der Waals surface area contributed by atoms with Crippen molar-refractivity contribution in [3.63, 3.8) is 0 Å². The molecule has 2 aromatic rings. The van der Waals surface area contributed by atoms with E-state index in [2.05, 4.69) is 16.9 Å². The Morgan fingerprint density at radius 1 is 1.37 bits per heavy atom. The summed E-state index contributed by atoms with van der Waals surface area (Å²) in [5.74, 6) is 1.71. The van der Waals surface area contributed by atoms with Gasteiger partial charge in [-0.2, -0.15) is 0 Å². The number of benzene rings is 1. The van der Waals surface area contributed by atoms with Gasteiger partial charge in [-0.3, -0.25) is 4.79 Å². The van der Waals surface area contributed by atoms with E-state index in [-0.39, 0.29) is 0 Å². The number of aromatic nitrogens is 2. The van der Waals surface area contributed by atoms with Crippen molar-refractivity contribution in [2.75, 3.05) is 0 Å². The molecule has 0 bridgehead atoms. The number of para-hydroxylation sites is 1. The molecule has 1 saturated carbocycles. The Morgan fingerprint density at radius 2 is 2.16 bits per heavy atom. The van der Waals surface area contributed by atoms with Crippen molar-refractivity contribution in [3.05, 3.63) is 29.6 Å². The monoisotopic (exact) mass is 257 g/mol. The van der Waals surface area contributed by atoms with Gasteiger partial charge in [0, 0.05) is 5.92 Å². The lowest BCUT2D eigenvalue weighted by atomic mass is 9.80. The number of H-pyrrole nitrogens is 1. The fourth-order valence-corrected chi connectivity index (χ4v) is 3.15. The fraction of sp³-hybridized carbons (Fsp3) is 0.467. The van der Waals surface area contributed by atoms with Crippen LogP contribution in [0.15, 0.2) is 18.2 Å². The van der Waals surface area contributed by atoms with E-state index >= 15 is 0 Å². The summed E-state index contributed by atoms with van der Waals surface area (Å²) in [4.78, 5) is 19.5. The molecule has 4 nitrogen and oxygen atoms in total. The average molecular weight is 257 g/mol. The number of rotatable bonds is 2. The quantitative estimate of drug-likeness (QED) is 0.868. The van der Waals surface area contributed by atoms with Crippen molar-refractivity contribution in [1.29, 1.82) is 0 Å². The summed E-state index contributed by atoms with van der Waals surface area (Å²) in [6.07, 6.45) is 5.00. The van der Waals surface area contributed by atoms with Gasteiger partial charge in [-0.05, 0) is 24.5 Å². The van der Waals surface area contributed by atoms with Crippen molar-refractivity contribution in [2.45, 2.75) is 38.5 Å². The molecule has 0 spiro atoms. The van der Waals surface area contributed by atoms with Gasteiger partial charge in [0.05, 0.1) is 11.1 Å². The second-order valence-corrected chi connectivity index (χ2v) is 5.56. The predicted molar refractivity (Wildman–Crippen MR) is 75.0 cm³/mol. The summed E-state index contributed by atoms with van der Waals surface area (Å²) in [6.45, 7) is 2.28. The van der Waals surface area contributed by atoms with Gasteiger partial charge in [0.15, 0.2) is 0 Å². The molecule has 1 aromatic carbocycles. The standard InChI is InChI=1S/C15H19N3O/c1-9-5-2-3-6-10(9)15-17-12-8-4-7-11(14(16)19)13(12)18-15/h4,7-10H,2-3,5-6H2,1H3,(H2,16,19)(H,17,18). The molecule has 3 N–H and O–H groups in total. The van der Waals surface area contributed by atoms with Gasteiger partial charge >= 0.3 is 0 Å². The predicted octanol–water partition coefficient (Wildman–Crippen LogP) is 2.96. The average Bonchev–Trinajstić information content (AvgIpc) is 2.82. The Kier molecular flexibility index (Phi) is 3.01. The molecule has 0 saturated heterocycles. The molecular formula is C15H19N3O. The number of imidazole rings is 1. The number of hydrogen-bond acceptors (Lipinski definition) is 2. The number of nitrogens with two attached hydrogens (primary N) is 1. The maximum absolute atomic E-state index is 11.4. The van der Waals surface area contributed by atoms with Crippen LogP contribution in [0.3, 0.4) is 0 Å². The Balaban J connectivity index is 2.06. The summed E-state index contributed by atoms with van der Waals surface area (Å²) in [5, 5.41) is 0. The molecule has 1 heterocycles. The molecule has 4 heteroatoms. The van der Waals surface area contributed by atoms with Crippen molar-refractivity contribution in [3.8, 4) is 0 Å². The minimum absolute atomic E-state index is 0.416. The molecule has 1 aliphatic rings. The summed E-state index contributed by atoms with van der Waals surface area (Å²) in [5.41, 5.74) is 7.52. The summed E-state index contributed by atoms with van der Waals surface area (Å²) >= 11 is 0. The van der Waals surface area contributed by atoms with E-state index in [0.29, 0.717) is 22.9 Å². The van der Waals surface area contributed by atoms with Gasteiger partial charge in [0.25, 0.3) is 5.91 Å². The van der Waals surface area contributed by atoms with Crippen LogP contribution in [-0.4, -0.2) is 15.9 Å². The zero-order valence-corrected chi connectivity index (χ0v) is 11.1. The van der Waals surface area contributed by atoms with Gasteiger partial charge < -0.3 is 10.7 Å². The van der Waals surface area contributed by atoms with Crippen molar-refractivity contribution >= 4 is 16.9 Å². The molecule has 1 fully saturated rings.